The van der Waals surface area contributed by atoms with Crippen LogP contribution in [-0.4, -0.2) is 24.3 Å². The van der Waals surface area contributed by atoms with Gasteiger partial charge in [-0.2, -0.15) is 10.2 Å². The molecular weight excluding hydrogens is 401 g/mol. The molecule has 3 aromatic rings. The first-order valence-corrected chi connectivity index (χ1v) is 10.1. The summed E-state index contributed by atoms with van der Waals surface area (Å²) < 4.78 is 13.1. The maximum atomic E-state index is 13.1. The second-order valence-electron chi connectivity index (χ2n) is 7.10. The topological polar surface area (TPSA) is 65.3 Å². The van der Waals surface area contributed by atoms with E-state index in [1.165, 1.54) is 12.1 Å². The Morgan fingerprint density at radius 1 is 0.933 bits per heavy atom. The third kappa shape index (κ3) is 5.24. The molecule has 0 radical (unpaired) electrons. The first kappa shape index (κ1) is 21.5. The minimum atomic E-state index is -0.344. The summed E-state index contributed by atoms with van der Waals surface area (Å²) in [5.74, 6) is -0.0990. The molecule has 5 nitrogen and oxygen atoms in total. The maximum absolute atomic E-state index is 13.1. The predicted octanol–water partition coefficient (Wildman–Crippen LogP) is 6.56. The van der Waals surface area contributed by atoms with Crippen molar-refractivity contribution < 1.29 is 14.3 Å². The summed E-state index contributed by atoms with van der Waals surface area (Å²) in [6.45, 7) is 3.61. The number of benzene rings is 3. The van der Waals surface area contributed by atoms with Gasteiger partial charge in [0.2, 0.25) is 5.12 Å². The number of thioether (sulfide) groups is 1. The lowest BCUT2D eigenvalue weighted by Crippen LogP contribution is -2.09. The summed E-state index contributed by atoms with van der Waals surface area (Å²) in [4.78, 5) is 15.3. The highest BCUT2D eigenvalue weighted by Crippen LogP contribution is 2.31. The minimum Gasteiger partial charge on any atom is -0.507 e. The molecule has 0 saturated heterocycles. The van der Waals surface area contributed by atoms with Crippen LogP contribution in [0.1, 0.15) is 21.5 Å². The number of carbonyl (C=O) groups excluding carboxylic acids is 1. The summed E-state index contributed by atoms with van der Waals surface area (Å²) in [5, 5.41) is 18.3. The molecule has 0 aliphatic carbocycles. The fourth-order valence-electron chi connectivity index (χ4n) is 2.80. The van der Waals surface area contributed by atoms with Crippen molar-refractivity contribution in [3.63, 3.8) is 0 Å². The third-order valence-corrected chi connectivity index (χ3v) is 5.36. The molecule has 3 aromatic carbocycles. The number of halogens is 1. The molecule has 7 heteroatoms. The zero-order valence-electron chi connectivity index (χ0n) is 17.2. The average Bonchev–Trinajstić information content (AvgIpc) is 2.71. The summed E-state index contributed by atoms with van der Waals surface area (Å²) in [5.41, 5.74) is 3.88. The number of aryl methyl sites for hydroxylation is 2. The van der Waals surface area contributed by atoms with Crippen molar-refractivity contribution in [2.75, 3.05) is 19.0 Å². The average molecular weight is 424 g/mol. The van der Waals surface area contributed by atoms with E-state index in [2.05, 4.69) is 10.2 Å². The fourth-order valence-corrected chi connectivity index (χ4v) is 3.53. The van der Waals surface area contributed by atoms with E-state index < -0.39 is 0 Å². The number of nitrogens with zero attached hydrogens (tertiary/aromatic N) is 3. The standard InChI is InChI=1S/C23H22FN3O2S/c1-14-9-18(10-15(2)22(14)28)25-26-19-11-16(12-20(13-19)27(3)4)23(29)30-21-7-5-17(24)6-8-21/h5-13,28H,1-4H3. The van der Waals surface area contributed by atoms with Crippen molar-refractivity contribution in [3.8, 4) is 5.75 Å². The lowest BCUT2D eigenvalue weighted by molar-refractivity contribution is 0.108. The molecule has 0 aliphatic heterocycles. The van der Waals surface area contributed by atoms with E-state index in [0.717, 1.165) is 28.6 Å². The van der Waals surface area contributed by atoms with Crippen LogP contribution in [0.3, 0.4) is 0 Å². The minimum absolute atomic E-state index is 0.168. The highest BCUT2D eigenvalue weighted by Gasteiger charge is 2.12. The molecule has 1 N–H and O–H groups in total. The van der Waals surface area contributed by atoms with Gasteiger partial charge in [-0.05, 0) is 91.3 Å². The molecule has 0 aliphatic rings. The summed E-state index contributed by atoms with van der Waals surface area (Å²) in [6.07, 6.45) is 0. The van der Waals surface area contributed by atoms with Crippen molar-refractivity contribution in [2.24, 2.45) is 10.2 Å². The highest BCUT2D eigenvalue weighted by atomic mass is 32.2. The Kier molecular flexibility index (Phi) is 6.52. The number of rotatable bonds is 5. The van der Waals surface area contributed by atoms with E-state index >= 15 is 0 Å². The van der Waals surface area contributed by atoms with Gasteiger partial charge in [0.05, 0.1) is 11.4 Å². The summed E-state index contributed by atoms with van der Waals surface area (Å²) >= 11 is 1.03. The molecule has 0 heterocycles. The molecule has 0 fully saturated rings. The molecule has 3 rings (SSSR count). The van der Waals surface area contributed by atoms with Crippen LogP contribution in [0.5, 0.6) is 5.75 Å². The van der Waals surface area contributed by atoms with E-state index in [0.29, 0.717) is 21.8 Å². The Balaban J connectivity index is 1.90. The number of phenols is 1. The van der Waals surface area contributed by atoms with E-state index in [1.807, 2.05) is 25.1 Å². The van der Waals surface area contributed by atoms with Gasteiger partial charge in [0, 0.05) is 30.2 Å². The summed E-state index contributed by atoms with van der Waals surface area (Å²) in [6, 6.07) is 14.6. The van der Waals surface area contributed by atoms with Crippen molar-refractivity contribution in [2.45, 2.75) is 18.7 Å². The number of hydrogen-bond acceptors (Lipinski definition) is 6. The lowest BCUT2D eigenvalue weighted by atomic mass is 10.1. The first-order valence-electron chi connectivity index (χ1n) is 9.25. The SMILES string of the molecule is Cc1cc(N=Nc2cc(C(=O)Sc3ccc(F)cc3)cc(N(C)C)c2)cc(C)c1O. The van der Waals surface area contributed by atoms with Gasteiger partial charge in [-0.15, -0.1) is 0 Å². The molecule has 0 amide bonds. The number of phenolic OH excluding ortho intramolecular Hbond substituents is 1. The third-order valence-electron chi connectivity index (χ3n) is 4.44. The van der Waals surface area contributed by atoms with Gasteiger partial charge in [-0.1, -0.05) is 0 Å². The second kappa shape index (κ2) is 9.09. The van der Waals surface area contributed by atoms with Gasteiger partial charge in [-0.3, -0.25) is 4.79 Å². The van der Waals surface area contributed by atoms with Gasteiger partial charge in [0.15, 0.2) is 0 Å². The molecule has 0 spiro atoms. The molecule has 0 unspecified atom stereocenters. The first-order chi connectivity index (χ1) is 14.2. The van der Waals surface area contributed by atoms with E-state index in [4.69, 9.17) is 0 Å². The molecule has 154 valence electrons. The van der Waals surface area contributed by atoms with E-state index in [9.17, 15) is 14.3 Å². The Hall–Kier alpha value is -3.19. The van der Waals surface area contributed by atoms with E-state index in [1.54, 1.807) is 50.2 Å². The van der Waals surface area contributed by atoms with Crippen LogP contribution in [0.25, 0.3) is 0 Å². The molecule has 0 bridgehead atoms. The Labute approximate surface area is 179 Å². The largest absolute Gasteiger partial charge is 0.507 e. The van der Waals surface area contributed by atoms with Gasteiger partial charge in [-0.25, -0.2) is 4.39 Å². The zero-order valence-corrected chi connectivity index (χ0v) is 18.0. The predicted molar refractivity (Wildman–Crippen MR) is 119 cm³/mol. The Bertz CT molecular complexity index is 1090. The lowest BCUT2D eigenvalue weighted by Gasteiger charge is -2.14. The van der Waals surface area contributed by atoms with Crippen LogP contribution >= 0.6 is 11.8 Å². The molecule has 0 aromatic heterocycles. The number of hydrogen-bond donors (Lipinski definition) is 1. The van der Waals surface area contributed by atoms with Crippen LogP contribution < -0.4 is 4.90 Å². The molecule has 0 atom stereocenters. The van der Waals surface area contributed by atoms with Crippen LogP contribution in [-0.2, 0) is 0 Å². The van der Waals surface area contributed by atoms with Crippen molar-refractivity contribution >= 4 is 33.9 Å². The maximum Gasteiger partial charge on any atom is 0.224 e. The molecular formula is C23H22FN3O2S. The van der Waals surface area contributed by atoms with Gasteiger partial charge < -0.3 is 10.0 Å². The van der Waals surface area contributed by atoms with Crippen LogP contribution in [0.4, 0.5) is 21.5 Å². The highest BCUT2D eigenvalue weighted by molar-refractivity contribution is 8.14. The number of aromatic hydroxyl groups is 1. The summed E-state index contributed by atoms with van der Waals surface area (Å²) in [7, 11) is 3.76. The van der Waals surface area contributed by atoms with E-state index in [-0.39, 0.29) is 16.7 Å². The second-order valence-corrected chi connectivity index (χ2v) is 8.15. The normalized spacial score (nSPS) is 11.1. The Morgan fingerprint density at radius 3 is 2.07 bits per heavy atom. The zero-order chi connectivity index (χ0) is 21.8. The monoisotopic (exact) mass is 423 g/mol. The number of carbonyl (C=O) groups is 1. The Morgan fingerprint density at radius 2 is 1.50 bits per heavy atom. The van der Waals surface area contributed by atoms with Crippen LogP contribution in [0.15, 0.2) is 69.7 Å². The van der Waals surface area contributed by atoms with Crippen LogP contribution in [0, 0.1) is 19.7 Å². The van der Waals surface area contributed by atoms with Gasteiger partial charge >= 0.3 is 0 Å². The van der Waals surface area contributed by atoms with Crippen molar-refractivity contribution in [3.05, 3.63) is 77.1 Å². The molecule has 0 saturated carbocycles. The molecule has 30 heavy (non-hydrogen) atoms. The van der Waals surface area contributed by atoms with Gasteiger partial charge in [0.1, 0.15) is 11.6 Å². The quantitative estimate of drug-likeness (QED) is 0.373. The number of anilines is 1. The van der Waals surface area contributed by atoms with Crippen molar-refractivity contribution in [1.29, 1.82) is 0 Å². The smallest absolute Gasteiger partial charge is 0.224 e. The van der Waals surface area contributed by atoms with Crippen molar-refractivity contribution in [1.82, 2.24) is 0 Å². The fraction of sp³-hybridized carbons (Fsp3) is 0.174. The van der Waals surface area contributed by atoms with Gasteiger partial charge in [0.25, 0.3) is 0 Å². The van der Waals surface area contributed by atoms with Crippen LogP contribution in [0.2, 0.25) is 0 Å². The number of azo groups is 1.